The van der Waals surface area contributed by atoms with E-state index in [1.807, 2.05) is 18.2 Å². The molecule has 0 radical (unpaired) electrons. The number of carbonyl (C=O) groups excluding carboxylic acids is 1. The summed E-state index contributed by atoms with van der Waals surface area (Å²) in [4.78, 5) is 14.8. The molecule has 3 aliphatic rings. The molecule has 3 heterocycles. The number of fused-ring (bicyclic) bond motifs is 2. The van der Waals surface area contributed by atoms with Crippen molar-refractivity contribution in [3.05, 3.63) is 28.8 Å². The van der Waals surface area contributed by atoms with E-state index in [2.05, 4.69) is 15.5 Å². The van der Waals surface area contributed by atoms with E-state index in [0.29, 0.717) is 17.1 Å². The first-order valence-corrected chi connectivity index (χ1v) is 8.20. The standard InChI is InChI=1S/C16H20ClN3O/c17-10-4-5-12-11(9-10)15(16(21)19-12)18-13-6-8-20-7-2-1-3-14(13)20/h4-5,9,13-15,18H,1-3,6-8H2,(H,19,21). The van der Waals surface area contributed by atoms with Crippen LogP contribution in [0.25, 0.3) is 0 Å². The normalized spacial score (nSPS) is 31.9. The molecule has 2 N–H and O–H groups in total. The number of benzene rings is 1. The first-order chi connectivity index (χ1) is 10.2. The zero-order valence-corrected chi connectivity index (χ0v) is 12.7. The van der Waals surface area contributed by atoms with Gasteiger partial charge in [-0.3, -0.25) is 15.0 Å². The van der Waals surface area contributed by atoms with E-state index in [-0.39, 0.29) is 11.9 Å². The van der Waals surface area contributed by atoms with Crippen LogP contribution in [-0.4, -0.2) is 36.0 Å². The molecular formula is C16H20ClN3O. The molecule has 3 unspecified atom stereocenters. The van der Waals surface area contributed by atoms with Crippen LogP contribution in [0.2, 0.25) is 5.02 Å². The fourth-order valence-corrected chi connectivity index (χ4v) is 4.23. The number of amides is 1. The first-order valence-electron chi connectivity index (χ1n) is 7.83. The van der Waals surface area contributed by atoms with Gasteiger partial charge in [0, 0.05) is 34.9 Å². The van der Waals surface area contributed by atoms with E-state index in [4.69, 9.17) is 11.6 Å². The lowest BCUT2D eigenvalue weighted by atomic mass is 9.97. The minimum Gasteiger partial charge on any atom is -0.324 e. The van der Waals surface area contributed by atoms with Crippen LogP contribution < -0.4 is 10.6 Å². The Kier molecular flexibility index (Phi) is 3.40. The summed E-state index contributed by atoms with van der Waals surface area (Å²) in [5.41, 5.74) is 1.88. The van der Waals surface area contributed by atoms with Crippen LogP contribution in [0.1, 0.15) is 37.3 Å². The molecule has 0 saturated carbocycles. The third-order valence-electron chi connectivity index (χ3n) is 5.08. The average molecular weight is 306 g/mol. The third-order valence-corrected chi connectivity index (χ3v) is 5.32. The topological polar surface area (TPSA) is 44.4 Å². The smallest absolute Gasteiger partial charge is 0.246 e. The molecule has 3 atom stereocenters. The maximum atomic E-state index is 12.3. The summed E-state index contributed by atoms with van der Waals surface area (Å²) in [7, 11) is 0. The molecule has 4 rings (SSSR count). The Morgan fingerprint density at radius 1 is 1.24 bits per heavy atom. The Morgan fingerprint density at radius 3 is 3.05 bits per heavy atom. The molecule has 1 aromatic carbocycles. The number of piperidine rings is 1. The van der Waals surface area contributed by atoms with Gasteiger partial charge >= 0.3 is 0 Å². The maximum Gasteiger partial charge on any atom is 0.246 e. The number of rotatable bonds is 2. The maximum absolute atomic E-state index is 12.3. The average Bonchev–Trinajstić information content (AvgIpc) is 3.02. The van der Waals surface area contributed by atoms with Crippen molar-refractivity contribution in [2.75, 3.05) is 18.4 Å². The van der Waals surface area contributed by atoms with Crippen LogP contribution in [-0.2, 0) is 4.79 Å². The summed E-state index contributed by atoms with van der Waals surface area (Å²) in [5, 5.41) is 7.23. The first kappa shape index (κ1) is 13.6. The second-order valence-corrected chi connectivity index (χ2v) is 6.75. The van der Waals surface area contributed by atoms with Gasteiger partial charge in [0.2, 0.25) is 5.91 Å². The Balaban J connectivity index is 1.55. The third kappa shape index (κ3) is 2.35. The highest BCUT2D eigenvalue weighted by atomic mass is 35.5. The highest BCUT2D eigenvalue weighted by Crippen LogP contribution is 2.35. The predicted octanol–water partition coefficient (Wildman–Crippen LogP) is 2.55. The Bertz CT molecular complexity index is 577. The number of hydrogen-bond donors (Lipinski definition) is 2. The molecule has 0 aliphatic carbocycles. The molecule has 4 nitrogen and oxygen atoms in total. The van der Waals surface area contributed by atoms with Gasteiger partial charge in [-0.1, -0.05) is 18.0 Å². The van der Waals surface area contributed by atoms with Crippen molar-refractivity contribution in [3.63, 3.8) is 0 Å². The quantitative estimate of drug-likeness (QED) is 0.882. The van der Waals surface area contributed by atoms with Gasteiger partial charge in [-0.15, -0.1) is 0 Å². The monoisotopic (exact) mass is 305 g/mol. The van der Waals surface area contributed by atoms with Crippen molar-refractivity contribution in [1.29, 1.82) is 0 Å². The second kappa shape index (κ2) is 5.27. The van der Waals surface area contributed by atoms with Crippen LogP contribution in [0.15, 0.2) is 18.2 Å². The summed E-state index contributed by atoms with van der Waals surface area (Å²) >= 11 is 6.09. The van der Waals surface area contributed by atoms with Crippen molar-refractivity contribution in [1.82, 2.24) is 10.2 Å². The summed E-state index contributed by atoms with van der Waals surface area (Å²) in [6, 6.07) is 6.35. The second-order valence-electron chi connectivity index (χ2n) is 6.31. The largest absolute Gasteiger partial charge is 0.324 e. The lowest BCUT2D eigenvalue weighted by molar-refractivity contribution is -0.117. The van der Waals surface area contributed by atoms with Crippen LogP contribution >= 0.6 is 11.6 Å². The SMILES string of the molecule is O=C1Nc2ccc(Cl)cc2C1NC1CCN2CCCCC12. The molecule has 0 bridgehead atoms. The molecule has 1 amide bonds. The number of halogens is 1. The fraction of sp³-hybridized carbons (Fsp3) is 0.562. The van der Waals surface area contributed by atoms with Gasteiger partial charge < -0.3 is 5.32 Å². The molecule has 5 heteroatoms. The molecule has 2 fully saturated rings. The lowest BCUT2D eigenvalue weighted by Crippen LogP contribution is -2.47. The molecule has 0 spiro atoms. The van der Waals surface area contributed by atoms with Crippen molar-refractivity contribution < 1.29 is 4.79 Å². The van der Waals surface area contributed by atoms with Crippen LogP contribution in [0.5, 0.6) is 0 Å². The molecule has 3 aliphatic heterocycles. The van der Waals surface area contributed by atoms with Crippen LogP contribution in [0.3, 0.4) is 0 Å². The van der Waals surface area contributed by atoms with E-state index in [1.165, 1.54) is 25.8 Å². The van der Waals surface area contributed by atoms with Crippen molar-refractivity contribution in [2.24, 2.45) is 0 Å². The highest BCUT2D eigenvalue weighted by molar-refractivity contribution is 6.31. The van der Waals surface area contributed by atoms with Gasteiger partial charge in [-0.25, -0.2) is 0 Å². The van der Waals surface area contributed by atoms with Crippen molar-refractivity contribution >= 4 is 23.2 Å². The van der Waals surface area contributed by atoms with Gasteiger partial charge in [0.25, 0.3) is 0 Å². The molecule has 112 valence electrons. The molecule has 2 saturated heterocycles. The highest BCUT2D eigenvalue weighted by Gasteiger charge is 2.39. The number of carbonyl (C=O) groups is 1. The predicted molar refractivity (Wildman–Crippen MR) is 83.6 cm³/mol. The van der Waals surface area contributed by atoms with Crippen LogP contribution in [0.4, 0.5) is 5.69 Å². The number of anilines is 1. The molecule has 0 aromatic heterocycles. The zero-order valence-electron chi connectivity index (χ0n) is 11.9. The van der Waals surface area contributed by atoms with Gasteiger partial charge in [0.05, 0.1) is 0 Å². The lowest BCUT2D eigenvalue weighted by Gasteiger charge is -2.33. The molecule has 1 aromatic rings. The number of nitrogens with one attached hydrogen (secondary N) is 2. The van der Waals surface area contributed by atoms with Gasteiger partial charge in [0.1, 0.15) is 6.04 Å². The zero-order chi connectivity index (χ0) is 14.4. The fourth-order valence-electron chi connectivity index (χ4n) is 4.05. The summed E-state index contributed by atoms with van der Waals surface area (Å²) in [6.45, 7) is 2.36. The summed E-state index contributed by atoms with van der Waals surface area (Å²) < 4.78 is 0. The van der Waals surface area contributed by atoms with Gasteiger partial charge in [0.15, 0.2) is 0 Å². The van der Waals surface area contributed by atoms with E-state index in [9.17, 15) is 4.79 Å². The van der Waals surface area contributed by atoms with E-state index in [0.717, 1.165) is 24.2 Å². The minimum absolute atomic E-state index is 0.0431. The van der Waals surface area contributed by atoms with Gasteiger partial charge in [-0.2, -0.15) is 0 Å². The Labute approximate surface area is 129 Å². The van der Waals surface area contributed by atoms with E-state index >= 15 is 0 Å². The molecule has 21 heavy (non-hydrogen) atoms. The van der Waals surface area contributed by atoms with Crippen LogP contribution in [0, 0.1) is 0 Å². The minimum atomic E-state index is -0.259. The Morgan fingerprint density at radius 2 is 2.14 bits per heavy atom. The van der Waals surface area contributed by atoms with Gasteiger partial charge in [-0.05, 0) is 44.0 Å². The van der Waals surface area contributed by atoms with Crippen molar-refractivity contribution in [2.45, 2.75) is 43.8 Å². The van der Waals surface area contributed by atoms with Crippen molar-refractivity contribution in [3.8, 4) is 0 Å². The van der Waals surface area contributed by atoms with E-state index < -0.39 is 0 Å². The summed E-state index contributed by atoms with van der Waals surface area (Å²) in [5.74, 6) is 0.0431. The summed E-state index contributed by atoms with van der Waals surface area (Å²) in [6.07, 6.45) is 4.99. The van der Waals surface area contributed by atoms with E-state index in [1.54, 1.807) is 0 Å². The molecular weight excluding hydrogens is 286 g/mol. The number of hydrogen-bond acceptors (Lipinski definition) is 3. The number of nitrogens with zero attached hydrogens (tertiary/aromatic N) is 1. The Hall–Kier alpha value is -1.10.